The van der Waals surface area contributed by atoms with Crippen LogP contribution in [-0.4, -0.2) is 48.1 Å². The van der Waals surface area contributed by atoms with Crippen molar-refractivity contribution in [1.82, 2.24) is 10.1 Å². The molecule has 1 spiro atoms. The van der Waals surface area contributed by atoms with Gasteiger partial charge in [0.2, 0.25) is 0 Å². The highest BCUT2D eigenvalue weighted by atomic mass is 32.2. The van der Waals surface area contributed by atoms with Crippen LogP contribution in [0.4, 0.5) is 15.0 Å². The van der Waals surface area contributed by atoms with Gasteiger partial charge in [0.05, 0.1) is 10.5 Å². The Kier molecular flexibility index (Phi) is 4.41. The van der Waals surface area contributed by atoms with E-state index in [2.05, 4.69) is 10.5 Å². The molecule has 2 heterocycles. The second-order valence-electron chi connectivity index (χ2n) is 7.11. The number of hydrogen-bond donors (Lipinski definition) is 1. The summed E-state index contributed by atoms with van der Waals surface area (Å²) in [7, 11) is -3.19. The second-order valence-corrected chi connectivity index (χ2v) is 9.61. The van der Waals surface area contributed by atoms with Crippen molar-refractivity contribution >= 4 is 21.7 Å². The van der Waals surface area contributed by atoms with Gasteiger partial charge in [0.25, 0.3) is 0 Å². The van der Waals surface area contributed by atoms with E-state index >= 15 is 0 Å². The van der Waals surface area contributed by atoms with Gasteiger partial charge >= 0.3 is 6.03 Å². The molecule has 1 aliphatic carbocycles. The predicted molar refractivity (Wildman–Crippen MR) is 97.5 cm³/mol. The van der Waals surface area contributed by atoms with E-state index in [1.54, 1.807) is 12.1 Å². The van der Waals surface area contributed by atoms with Gasteiger partial charge in [0.1, 0.15) is 5.82 Å². The van der Waals surface area contributed by atoms with Crippen molar-refractivity contribution in [2.45, 2.75) is 30.4 Å². The summed E-state index contributed by atoms with van der Waals surface area (Å²) < 4.78 is 42.9. The minimum atomic E-state index is -3.19. The highest BCUT2D eigenvalue weighted by Gasteiger charge is 2.49. The fourth-order valence-electron chi connectivity index (χ4n) is 3.69. The van der Waals surface area contributed by atoms with Crippen LogP contribution in [0.15, 0.2) is 34.9 Å². The molecule has 2 aliphatic rings. The lowest BCUT2D eigenvalue weighted by atomic mass is 9.81. The van der Waals surface area contributed by atoms with Crippen molar-refractivity contribution in [1.29, 1.82) is 0 Å². The van der Waals surface area contributed by atoms with Gasteiger partial charge < -0.3 is 9.42 Å². The van der Waals surface area contributed by atoms with Crippen LogP contribution in [-0.2, 0) is 9.84 Å². The van der Waals surface area contributed by atoms with Gasteiger partial charge in [-0.25, -0.2) is 17.6 Å². The summed E-state index contributed by atoms with van der Waals surface area (Å²) in [6, 6.07) is 6.95. The summed E-state index contributed by atoms with van der Waals surface area (Å²) in [4.78, 5) is 14.0. The molecular formula is C18H20FN3O4S. The number of amides is 2. The molecule has 144 valence electrons. The number of urea groups is 1. The van der Waals surface area contributed by atoms with E-state index < -0.39 is 26.4 Å². The van der Waals surface area contributed by atoms with Crippen molar-refractivity contribution in [2.75, 3.05) is 24.2 Å². The topological polar surface area (TPSA) is 92.5 Å². The number of nitrogens with zero attached hydrogens (tertiary/aromatic N) is 2. The number of rotatable bonds is 2. The van der Waals surface area contributed by atoms with E-state index in [9.17, 15) is 17.6 Å². The molecule has 4 rings (SSSR count). The molecule has 0 bridgehead atoms. The van der Waals surface area contributed by atoms with Gasteiger partial charge in [-0.1, -0.05) is 23.7 Å². The van der Waals surface area contributed by atoms with Gasteiger partial charge in [0, 0.05) is 24.7 Å². The monoisotopic (exact) mass is 393 g/mol. The maximum absolute atomic E-state index is 13.3. The lowest BCUT2D eigenvalue weighted by Crippen LogP contribution is -2.46. The van der Waals surface area contributed by atoms with E-state index in [1.165, 1.54) is 23.1 Å². The average molecular weight is 393 g/mol. The molecule has 0 atom stereocenters. The summed E-state index contributed by atoms with van der Waals surface area (Å²) in [6.07, 6.45) is 2.76. The van der Waals surface area contributed by atoms with Crippen molar-refractivity contribution in [3.05, 3.63) is 36.1 Å². The summed E-state index contributed by atoms with van der Waals surface area (Å²) in [5.74, 6) is 0.111. The molecule has 1 aromatic carbocycles. The second kappa shape index (κ2) is 6.63. The predicted octanol–water partition coefficient (Wildman–Crippen LogP) is 3.06. The maximum Gasteiger partial charge on any atom is 0.323 e. The molecule has 1 N–H and O–H groups in total. The molecule has 1 aromatic heterocycles. The number of halogens is 1. The van der Waals surface area contributed by atoms with Gasteiger partial charge in [-0.05, 0) is 31.4 Å². The van der Waals surface area contributed by atoms with Crippen molar-refractivity contribution < 1.29 is 22.1 Å². The van der Waals surface area contributed by atoms with E-state index in [-0.39, 0.29) is 18.1 Å². The van der Waals surface area contributed by atoms with E-state index in [0.717, 1.165) is 6.42 Å². The van der Waals surface area contributed by atoms with Gasteiger partial charge in [0.15, 0.2) is 21.4 Å². The molecule has 2 fully saturated rings. The van der Waals surface area contributed by atoms with Crippen LogP contribution in [0.1, 0.15) is 25.7 Å². The number of carbonyl (C=O) groups excluding carboxylic acids is 1. The molecule has 1 saturated carbocycles. The standard InChI is InChI=1S/C18H20FN3O4S/c19-14-4-1-3-13(11-14)15-12-16(21-26-15)20-17(23)22-8-7-18(5-2-6-18)27(24,25)10-9-22/h1,3-4,11-12H,2,5-10H2,(H,20,21,23). The molecule has 9 heteroatoms. The summed E-state index contributed by atoms with van der Waals surface area (Å²) in [6.45, 7) is 0.546. The zero-order chi connectivity index (χ0) is 19.1. The molecule has 7 nitrogen and oxygen atoms in total. The Labute approximate surface area is 156 Å². The van der Waals surface area contributed by atoms with Crippen molar-refractivity contribution in [2.24, 2.45) is 0 Å². The first-order valence-electron chi connectivity index (χ1n) is 8.89. The molecule has 2 aromatic rings. The average Bonchev–Trinajstić information content (AvgIpc) is 2.98. The van der Waals surface area contributed by atoms with Crippen LogP contribution in [0.25, 0.3) is 11.3 Å². The summed E-state index contributed by atoms with van der Waals surface area (Å²) in [5.41, 5.74) is 0.510. The third-order valence-corrected chi connectivity index (χ3v) is 8.19. The fourth-order valence-corrected chi connectivity index (χ4v) is 5.90. The van der Waals surface area contributed by atoms with Gasteiger partial charge in [-0.15, -0.1) is 0 Å². The van der Waals surface area contributed by atoms with Crippen LogP contribution in [0.3, 0.4) is 0 Å². The number of carbonyl (C=O) groups is 1. The number of sulfone groups is 1. The first kappa shape index (κ1) is 18.0. The Balaban J connectivity index is 1.44. The lowest BCUT2D eigenvalue weighted by molar-refractivity contribution is 0.209. The number of benzene rings is 1. The SMILES string of the molecule is O=C(Nc1cc(-c2cccc(F)c2)on1)N1CCC2(CCC2)S(=O)(=O)CC1. The molecule has 0 unspecified atom stereocenters. The van der Waals surface area contributed by atoms with Crippen LogP contribution < -0.4 is 5.32 Å². The summed E-state index contributed by atoms with van der Waals surface area (Å²) in [5, 5.41) is 6.42. The van der Waals surface area contributed by atoms with Crippen molar-refractivity contribution in [3.63, 3.8) is 0 Å². The highest BCUT2D eigenvalue weighted by Crippen LogP contribution is 2.43. The zero-order valence-corrected chi connectivity index (χ0v) is 15.5. The quantitative estimate of drug-likeness (QED) is 0.847. The first-order chi connectivity index (χ1) is 12.9. The Morgan fingerprint density at radius 1 is 1.22 bits per heavy atom. The Morgan fingerprint density at radius 2 is 2.04 bits per heavy atom. The van der Waals surface area contributed by atoms with E-state index in [4.69, 9.17) is 4.52 Å². The van der Waals surface area contributed by atoms with Gasteiger partial charge in [-0.2, -0.15) is 0 Å². The molecule has 1 aliphatic heterocycles. The van der Waals surface area contributed by atoms with Crippen LogP contribution in [0.5, 0.6) is 0 Å². The smallest absolute Gasteiger partial charge is 0.323 e. The molecule has 27 heavy (non-hydrogen) atoms. The van der Waals surface area contributed by atoms with E-state index in [0.29, 0.717) is 37.1 Å². The zero-order valence-electron chi connectivity index (χ0n) is 14.7. The first-order valence-corrected chi connectivity index (χ1v) is 10.5. The Bertz CT molecular complexity index is 968. The molecule has 1 saturated heterocycles. The van der Waals surface area contributed by atoms with Crippen molar-refractivity contribution in [3.8, 4) is 11.3 Å². The Morgan fingerprint density at radius 3 is 2.74 bits per heavy atom. The lowest BCUT2D eigenvalue weighted by Gasteiger charge is -2.39. The fraction of sp³-hybridized carbons (Fsp3) is 0.444. The Hall–Kier alpha value is -2.42. The highest BCUT2D eigenvalue weighted by molar-refractivity contribution is 7.92. The molecule has 0 radical (unpaired) electrons. The van der Waals surface area contributed by atoms with Crippen LogP contribution >= 0.6 is 0 Å². The number of anilines is 1. The molecule has 2 amide bonds. The summed E-state index contributed by atoms with van der Waals surface area (Å²) >= 11 is 0. The number of hydrogen-bond acceptors (Lipinski definition) is 5. The third kappa shape index (κ3) is 3.31. The normalized spacial score (nSPS) is 20.7. The number of nitrogens with one attached hydrogen (secondary N) is 1. The minimum Gasteiger partial charge on any atom is -0.354 e. The van der Waals surface area contributed by atoms with E-state index in [1.807, 2.05) is 0 Å². The molecular weight excluding hydrogens is 373 g/mol. The third-order valence-electron chi connectivity index (χ3n) is 5.53. The van der Waals surface area contributed by atoms with Crippen LogP contribution in [0.2, 0.25) is 0 Å². The van der Waals surface area contributed by atoms with Crippen LogP contribution in [0, 0.1) is 5.82 Å². The maximum atomic E-state index is 13.3. The van der Waals surface area contributed by atoms with Gasteiger partial charge in [-0.3, -0.25) is 5.32 Å². The largest absolute Gasteiger partial charge is 0.354 e. The minimum absolute atomic E-state index is 0.0201. The number of aromatic nitrogens is 1.